The van der Waals surface area contributed by atoms with Crippen molar-refractivity contribution in [1.29, 1.82) is 0 Å². The molecule has 0 saturated heterocycles. The molecule has 0 aromatic heterocycles. The van der Waals surface area contributed by atoms with E-state index in [-0.39, 0.29) is 12.0 Å². The standard InChI is InChI=1S/C31H27NO2/c33-31(34-22-30-28-18-6-4-16-26(28)27-17-5-7-19-29(27)30)32-20-9-8-11-23-12-10-15-25(21-23)24-13-2-1-3-14-24/h1-8,10-19,21,30H,9,20,22H2,(H,32,33). The molecule has 34 heavy (non-hydrogen) atoms. The van der Waals surface area contributed by atoms with Crippen molar-refractivity contribution < 1.29 is 9.53 Å². The van der Waals surface area contributed by atoms with Crippen LogP contribution < -0.4 is 5.32 Å². The topological polar surface area (TPSA) is 38.3 Å². The first kappa shape index (κ1) is 21.7. The molecule has 0 aliphatic heterocycles. The van der Waals surface area contributed by atoms with Gasteiger partial charge in [-0.25, -0.2) is 4.79 Å². The fourth-order valence-electron chi connectivity index (χ4n) is 4.58. The summed E-state index contributed by atoms with van der Waals surface area (Å²) in [7, 11) is 0. The summed E-state index contributed by atoms with van der Waals surface area (Å²) in [6.45, 7) is 0.869. The van der Waals surface area contributed by atoms with E-state index in [4.69, 9.17) is 4.74 Å². The molecule has 4 aromatic rings. The second-order valence-electron chi connectivity index (χ2n) is 8.43. The van der Waals surface area contributed by atoms with Gasteiger partial charge in [0, 0.05) is 12.5 Å². The minimum atomic E-state index is -0.374. The second kappa shape index (κ2) is 10.2. The van der Waals surface area contributed by atoms with Crippen molar-refractivity contribution in [2.75, 3.05) is 13.2 Å². The first-order valence-electron chi connectivity index (χ1n) is 11.7. The third-order valence-electron chi connectivity index (χ3n) is 6.23. The van der Waals surface area contributed by atoms with Crippen LogP contribution in [0.4, 0.5) is 4.79 Å². The van der Waals surface area contributed by atoms with Gasteiger partial charge in [0.1, 0.15) is 6.61 Å². The van der Waals surface area contributed by atoms with Crippen molar-refractivity contribution in [3.63, 3.8) is 0 Å². The molecule has 0 atom stereocenters. The van der Waals surface area contributed by atoms with Crippen LogP contribution in [-0.2, 0) is 4.74 Å². The van der Waals surface area contributed by atoms with Gasteiger partial charge in [0.15, 0.2) is 0 Å². The lowest BCUT2D eigenvalue weighted by Gasteiger charge is -2.14. The van der Waals surface area contributed by atoms with Gasteiger partial charge in [-0.2, -0.15) is 0 Å². The number of hydrogen-bond acceptors (Lipinski definition) is 2. The zero-order valence-electron chi connectivity index (χ0n) is 19.0. The quantitative estimate of drug-likeness (QED) is 0.303. The molecule has 1 aliphatic rings. The van der Waals surface area contributed by atoms with E-state index in [0.717, 1.165) is 12.0 Å². The monoisotopic (exact) mass is 445 g/mol. The number of fused-ring (bicyclic) bond motifs is 3. The highest BCUT2D eigenvalue weighted by Crippen LogP contribution is 2.44. The largest absolute Gasteiger partial charge is 0.449 e. The number of carbonyl (C=O) groups excluding carboxylic acids is 1. The number of hydrogen-bond donors (Lipinski definition) is 1. The lowest BCUT2D eigenvalue weighted by molar-refractivity contribution is 0.143. The first-order valence-corrected chi connectivity index (χ1v) is 11.7. The van der Waals surface area contributed by atoms with Crippen LogP contribution in [0.5, 0.6) is 0 Å². The Kier molecular flexibility index (Phi) is 6.53. The van der Waals surface area contributed by atoms with Crippen LogP contribution in [0, 0.1) is 0 Å². The van der Waals surface area contributed by atoms with E-state index >= 15 is 0 Å². The number of nitrogens with one attached hydrogen (secondary N) is 1. The van der Waals surface area contributed by atoms with Gasteiger partial charge in [0.05, 0.1) is 0 Å². The Balaban J connectivity index is 1.11. The summed E-state index contributed by atoms with van der Waals surface area (Å²) in [5.74, 6) is 0.0786. The van der Waals surface area contributed by atoms with E-state index in [0.29, 0.717) is 13.2 Å². The summed E-state index contributed by atoms with van der Waals surface area (Å²) >= 11 is 0. The van der Waals surface area contributed by atoms with Crippen molar-refractivity contribution in [3.05, 3.63) is 126 Å². The van der Waals surface area contributed by atoms with E-state index < -0.39 is 0 Å². The van der Waals surface area contributed by atoms with E-state index in [1.165, 1.54) is 33.4 Å². The molecule has 0 bridgehead atoms. The fourth-order valence-corrected chi connectivity index (χ4v) is 4.58. The lowest BCUT2D eigenvalue weighted by atomic mass is 9.98. The maximum atomic E-state index is 12.3. The minimum absolute atomic E-state index is 0.0786. The van der Waals surface area contributed by atoms with Gasteiger partial charge >= 0.3 is 6.09 Å². The normalized spacial score (nSPS) is 12.4. The highest BCUT2D eigenvalue weighted by molar-refractivity contribution is 5.79. The maximum absolute atomic E-state index is 12.3. The van der Waals surface area contributed by atoms with Crippen molar-refractivity contribution in [3.8, 4) is 22.3 Å². The molecule has 0 spiro atoms. The molecule has 4 aromatic carbocycles. The van der Waals surface area contributed by atoms with Gasteiger partial charge in [0.2, 0.25) is 0 Å². The summed E-state index contributed by atoms with van der Waals surface area (Å²) in [4.78, 5) is 12.3. The molecule has 5 rings (SSSR count). The third-order valence-corrected chi connectivity index (χ3v) is 6.23. The Morgan fingerprint density at radius 1 is 0.765 bits per heavy atom. The Bertz CT molecular complexity index is 1260. The predicted molar refractivity (Wildman–Crippen MR) is 139 cm³/mol. The molecule has 0 radical (unpaired) electrons. The number of carbonyl (C=O) groups is 1. The highest BCUT2D eigenvalue weighted by Gasteiger charge is 2.28. The molecule has 0 saturated carbocycles. The zero-order valence-corrected chi connectivity index (χ0v) is 19.0. The SMILES string of the molecule is O=C(NCCC=Cc1cccc(-c2ccccc2)c1)OCC1c2ccccc2-c2ccccc21. The second-order valence-corrected chi connectivity index (χ2v) is 8.43. The van der Waals surface area contributed by atoms with Crippen LogP contribution in [-0.4, -0.2) is 19.2 Å². The van der Waals surface area contributed by atoms with Crippen molar-refractivity contribution in [2.45, 2.75) is 12.3 Å². The lowest BCUT2D eigenvalue weighted by Crippen LogP contribution is -2.26. The van der Waals surface area contributed by atoms with E-state index in [1.807, 2.05) is 30.3 Å². The van der Waals surface area contributed by atoms with Crippen LogP contribution >= 0.6 is 0 Å². The number of ether oxygens (including phenoxy) is 1. The van der Waals surface area contributed by atoms with Crippen LogP contribution in [0.2, 0.25) is 0 Å². The molecular formula is C31H27NO2. The van der Waals surface area contributed by atoms with Gasteiger partial charge in [-0.15, -0.1) is 0 Å². The molecule has 1 N–H and O–H groups in total. The fraction of sp³-hybridized carbons (Fsp3) is 0.129. The molecular weight excluding hydrogens is 418 g/mol. The molecule has 1 amide bonds. The van der Waals surface area contributed by atoms with Gasteiger partial charge in [-0.3, -0.25) is 0 Å². The van der Waals surface area contributed by atoms with E-state index in [2.05, 4.69) is 90.3 Å². The van der Waals surface area contributed by atoms with Crippen molar-refractivity contribution in [2.24, 2.45) is 0 Å². The Morgan fingerprint density at radius 2 is 1.41 bits per heavy atom. The number of alkyl carbamates (subject to hydrolysis) is 1. The molecule has 168 valence electrons. The van der Waals surface area contributed by atoms with E-state index in [9.17, 15) is 4.79 Å². The van der Waals surface area contributed by atoms with Gasteiger partial charge < -0.3 is 10.1 Å². The summed E-state index contributed by atoms with van der Waals surface area (Å²) < 4.78 is 5.60. The molecule has 0 unspecified atom stereocenters. The average Bonchev–Trinajstić information content (AvgIpc) is 3.22. The molecule has 3 nitrogen and oxygen atoms in total. The Morgan fingerprint density at radius 3 is 2.15 bits per heavy atom. The summed E-state index contributed by atoms with van der Waals surface area (Å²) in [6.07, 6.45) is 4.53. The molecule has 3 heteroatoms. The average molecular weight is 446 g/mol. The van der Waals surface area contributed by atoms with Gasteiger partial charge in [-0.1, -0.05) is 109 Å². The molecule has 0 heterocycles. The van der Waals surface area contributed by atoms with Crippen molar-refractivity contribution >= 4 is 12.2 Å². The molecule has 1 aliphatic carbocycles. The summed E-state index contributed by atoms with van der Waals surface area (Å²) in [5.41, 5.74) is 8.44. The predicted octanol–water partition coefficient (Wildman–Crippen LogP) is 7.30. The summed E-state index contributed by atoms with van der Waals surface area (Å²) in [5, 5.41) is 2.87. The maximum Gasteiger partial charge on any atom is 0.407 e. The van der Waals surface area contributed by atoms with Crippen LogP contribution in [0.3, 0.4) is 0 Å². The Hall–Kier alpha value is -4.11. The summed E-state index contributed by atoms with van der Waals surface area (Å²) in [6, 6.07) is 35.5. The third kappa shape index (κ3) is 4.79. The highest BCUT2D eigenvalue weighted by atomic mass is 16.5. The molecule has 0 fully saturated rings. The van der Waals surface area contributed by atoms with E-state index in [1.54, 1.807) is 0 Å². The number of rotatable bonds is 7. The van der Waals surface area contributed by atoms with Crippen LogP contribution in [0.1, 0.15) is 29.0 Å². The number of benzene rings is 4. The van der Waals surface area contributed by atoms with Crippen LogP contribution in [0.15, 0.2) is 109 Å². The van der Waals surface area contributed by atoms with Crippen LogP contribution in [0.25, 0.3) is 28.3 Å². The smallest absolute Gasteiger partial charge is 0.407 e. The van der Waals surface area contributed by atoms with Gasteiger partial charge in [-0.05, 0) is 51.4 Å². The zero-order chi connectivity index (χ0) is 23.2. The van der Waals surface area contributed by atoms with Crippen molar-refractivity contribution in [1.82, 2.24) is 5.32 Å². The minimum Gasteiger partial charge on any atom is -0.449 e. The number of amides is 1. The van der Waals surface area contributed by atoms with Gasteiger partial charge in [0.25, 0.3) is 0 Å². The Labute approximate surface area is 200 Å². The first-order chi connectivity index (χ1) is 16.8.